The topological polar surface area (TPSA) is 89.9 Å². The van der Waals surface area contributed by atoms with Gasteiger partial charge in [0.2, 0.25) is 5.76 Å². The second-order valence-electron chi connectivity index (χ2n) is 7.97. The molecule has 0 radical (unpaired) electrons. The lowest BCUT2D eigenvalue weighted by Gasteiger charge is -2.32. The van der Waals surface area contributed by atoms with E-state index in [0.717, 1.165) is 26.2 Å². The minimum atomic E-state index is -0.650. The molecule has 1 aromatic heterocycles. The van der Waals surface area contributed by atoms with Gasteiger partial charge in [-0.2, -0.15) is 5.26 Å². The fraction of sp³-hybridized carbons (Fsp3) is 0.500. The Labute approximate surface area is 158 Å². The second kappa shape index (κ2) is 7.22. The molecule has 0 unspecified atom stereocenters. The number of rotatable bonds is 3. The predicted molar refractivity (Wildman–Crippen MR) is 101 cm³/mol. The summed E-state index contributed by atoms with van der Waals surface area (Å²) < 4.78 is 10.9. The molecule has 0 spiro atoms. The van der Waals surface area contributed by atoms with Gasteiger partial charge < -0.3 is 19.2 Å². The van der Waals surface area contributed by atoms with Crippen LogP contribution >= 0.6 is 0 Å². The number of carbonyl (C=O) groups excluding carboxylic acids is 1. The van der Waals surface area contributed by atoms with Crippen LogP contribution in [0, 0.1) is 11.3 Å². The van der Waals surface area contributed by atoms with Crippen LogP contribution in [-0.2, 0) is 11.3 Å². The van der Waals surface area contributed by atoms with E-state index in [9.17, 15) is 15.2 Å². The van der Waals surface area contributed by atoms with Crippen molar-refractivity contribution in [1.82, 2.24) is 9.80 Å². The van der Waals surface area contributed by atoms with Gasteiger partial charge in [-0.1, -0.05) is 0 Å². The quantitative estimate of drug-likeness (QED) is 0.830. The number of phenols is 1. The zero-order valence-electron chi connectivity index (χ0n) is 16.2. The lowest BCUT2D eigenvalue weighted by molar-refractivity contribution is 0.00381. The Morgan fingerprint density at radius 1 is 1.30 bits per heavy atom. The van der Waals surface area contributed by atoms with Crippen molar-refractivity contribution >= 4 is 16.9 Å². The van der Waals surface area contributed by atoms with Gasteiger partial charge in [0.25, 0.3) is 0 Å². The van der Waals surface area contributed by atoms with Crippen molar-refractivity contribution in [2.75, 3.05) is 33.2 Å². The number of piperazine rings is 1. The van der Waals surface area contributed by atoms with Gasteiger partial charge in [0, 0.05) is 43.7 Å². The largest absolute Gasteiger partial charge is 0.504 e. The van der Waals surface area contributed by atoms with E-state index >= 15 is 0 Å². The third-order valence-corrected chi connectivity index (χ3v) is 4.58. The summed E-state index contributed by atoms with van der Waals surface area (Å²) in [6, 6.07) is 5.30. The van der Waals surface area contributed by atoms with Crippen molar-refractivity contribution in [3.05, 3.63) is 29.0 Å². The van der Waals surface area contributed by atoms with Crippen LogP contribution in [-0.4, -0.2) is 59.7 Å². The zero-order chi connectivity index (χ0) is 19.8. The number of aromatic hydroxyl groups is 1. The highest BCUT2D eigenvalue weighted by molar-refractivity contribution is 5.95. The highest BCUT2D eigenvalue weighted by Gasteiger charge is 2.25. The summed E-state index contributed by atoms with van der Waals surface area (Å²) in [7, 11) is 2.07. The maximum absolute atomic E-state index is 12.3. The first kappa shape index (κ1) is 19.2. The Bertz CT molecular complexity index is 897. The number of fused-ring (bicyclic) bond motifs is 1. The van der Waals surface area contributed by atoms with Crippen LogP contribution in [0.15, 0.2) is 16.5 Å². The molecule has 1 aliphatic rings. The molecule has 0 bridgehead atoms. The summed E-state index contributed by atoms with van der Waals surface area (Å²) in [5, 5.41) is 20.8. The summed E-state index contributed by atoms with van der Waals surface area (Å²) in [4.78, 5) is 16.7. The molecule has 1 aliphatic heterocycles. The number of carbonyl (C=O) groups is 1. The number of esters is 1. The molecule has 1 aromatic carbocycles. The lowest BCUT2D eigenvalue weighted by Crippen LogP contribution is -2.44. The molecule has 144 valence electrons. The Hall–Kier alpha value is -2.56. The van der Waals surface area contributed by atoms with Crippen LogP contribution in [0.5, 0.6) is 5.75 Å². The van der Waals surface area contributed by atoms with Gasteiger partial charge in [-0.15, -0.1) is 0 Å². The van der Waals surface area contributed by atoms with Crippen molar-refractivity contribution in [2.24, 2.45) is 0 Å². The molecule has 0 saturated carbocycles. The van der Waals surface area contributed by atoms with Crippen LogP contribution in [0.25, 0.3) is 11.0 Å². The maximum atomic E-state index is 12.3. The SMILES string of the molecule is CN1CCN(Cc2c(C#N)cc3cc(C(=O)OC(C)(C)C)oc3c2O)CC1. The van der Waals surface area contributed by atoms with E-state index in [1.165, 1.54) is 6.07 Å². The summed E-state index contributed by atoms with van der Waals surface area (Å²) in [6.07, 6.45) is 0. The second-order valence-corrected chi connectivity index (χ2v) is 7.97. The van der Waals surface area contributed by atoms with Gasteiger partial charge in [-0.25, -0.2) is 4.79 Å². The number of nitrogens with zero attached hydrogens (tertiary/aromatic N) is 3. The highest BCUT2D eigenvalue weighted by Crippen LogP contribution is 2.35. The number of hydrogen-bond donors (Lipinski definition) is 1. The van der Waals surface area contributed by atoms with Crippen molar-refractivity contribution in [3.63, 3.8) is 0 Å². The average molecular weight is 371 g/mol. The molecule has 7 heteroatoms. The molecule has 0 atom stereocenters. The summed E-state index contributed by atoms with van der Waals surface area (Å²) >= 11 is 0. The first-order chi connectivity index (χ1) is 12.7. The molecule has 3 rings (SSSR count). The molecule has 7 nitrogen and oxygen atoms in total. The Morgan fingerprint density at radius 2 is 1.96 bits per heavy atom. The molecule has 1 N–H and O–H groups in total. The molecule has 0 amide bonds. The molecular formula is C20H25N3O4. The molecule has 1 saturated heterocycles. The minimum Gasteiger partial charge on any atom is -0.504 e. The number of nitriles is 1. The smallest absolute Gasteiger partial charge is 0.374 e. The third kappa shape index (κ3) is 4.24. The Balaban J connectivity index is 1.94. The number of likely N-dealkylation sites (N-methyl/N-ethyl adjacent to an activating group) is 1. The van der Waals surface area contributed by atoms with E-state index in [-0.39, 0.29) is 17.1 Å². The molecule has 2 heterocycles. The van der Waals surface area contributed by atoms with Gasteiger partial charge >= 0.3 is 5.97 Å². The number of phenolic OH excluding ortho intramolecular Hbond substituents is 1. The van der Waals surface area contributed by atoms with E-state index in [0.29, 0.717) is 23.1 Å². The van der Waals surface area contributed by atoms with Gasteiger partial charge in [0.15, 0.2) is 11.3 Å². The van der Waals surface area contributed by atoms with Gasteiger partial charge in [-0.3, -0.25) is 4.90 Å². The molecule has 27 heavy (non-hydrogen) atoms. The predicted octanol–water partition coefficient (Wildman–Crippen LogP) is 2.71. The number of furan rings is 1. The van der Waals surface area contributed by atoms with E-state index in [4.69, 9.17) is 9.15 Å². The van der Waals surface area contributed by atoms with E-state index in [1.807, 2.05) is 0 Å². The summed E-state index contributed by atoms with van der Waals surface area (Å²) in [6.45, 7) is 9.37. The van der Waals surface area contributed by atoms with Gasteiger partial charge in [0.1, 0.15) is 5.60 Å². The van der Waals surface area contributed by atoms with Crippen LogP contribution in [0.4, 0.5) is 0 Å². The summed E-state index contributed by atoms with van der Waals surface area (Å²) in [5.74, 6) is -0.675. The van der Waals surface area contributed by atoms with Gasteiger partial charge in [-0.05, 0) is 40.0 Å². The van der Waals surface area contributed by atoms with E-state index in [1.54, 1.807) is 26.8 Å². The number of hydrogen-bond acceptors (Lipinski definition) is 7. The Morgan fingerprint density at radius 3 is 2.56 bits per heavy atom. The molecule has 0 aliphatic carbocycles. The standard InChI is InChI=1S/C20H25N3O4/c1-20(2,3)27-19(25)16-10-13-9-14(11-21)15(17(24)18(13)26-16)12-23-7-5-22(4)6-8-23/h9-10,24H,5-8,12H2,1-4H3. The molecule has 2 aromatic rings. The van der Waals surface area contributed by atoms with Crippen molar-refractivity contribution in [2.45, 2.75) is 32.9 Å². The van der Waals surface area contributed by atoms with Crippen molar-refractivity contribution < 1.29 is 19.1 Å². The van der Waals surface area contributed by atoms with E-state index < -0.39 is 11.6 Å². The van der Waals surface area contributed by atoms with Crippen molar-refractivity contribution in [3.8, 4) is 11.8 Å². The normalized spacial score (nSPS) is 16.4. The van der Waals surface area contributed by atoms with Gasteiger partial charge in [0.05, 0.1) is 11.6 Å². The monoisotopic (exact) mass is 371 g/mol. The lowest BCUT2D eigenvalue weighted by atomic mass is 10.0. The van der Waals surface area contributed by atoms with Crippen LogP contribution in [0.1, 0.15) is 42.5 Å². The fourth-order valence-electron chi connectivity index (χ4n) is 3.12. The van der Waals surface area contributed by atoms with Crippen LogP contribution < -0.4 is 0 Å². The zero-order valence-corrected chi connectivity index (χ0v) is 16.2. The molecular weight excluding hydrogens is 346 g/mol. The third-order valence-electron chi connectivity index (χ3n) is 4.58. The average Bonchev–Trinajstić information content (AvgIpc) is 3.02. The minimum absolute atomic E-state index is 0.0101. The van der Waals surface area contributed by atoms with Crippen molar-refractivity contribution in [1.29, 1.82) is 5.26 Å². The van der Waals surface area contributed by atoms with E-state index in [2.05, 4.69) is 22.9 Å². The number of ether oxygens (including phenoxy) is 1. The Kier molecular flexibility index (Phi) is 5.13. The highest BCUT2D eigenvalue weighted by atomic mass is 16.6. The number of benzene rings is 1. The first-order valence-corrected chi connectivity index (χ1v) is 9.00. The van der Waals surface area contributed by atoms with Crippen LogP contribution in [0.3, 0.4) is 0 Å². The maximum Gasteiger partial charge on any atom is 0.374 e. The van der Waals surface area contributed by atoms with Crippen LogP contribution in [0.2, 0.25) is 0 Å². The first-order valence-electron chi connectivity index (χ1n) is 9.00. The summed E-state index contributed by atoms with van der Waals surface area (Å²) in [5.41, 5.74) is 0.469. The fourth-order valence-corrected chi connectivity index (χ4v) is 3.12. The molecule has 1 fully saturated rings.